The molecule has 0 N–H and O–H groups in total. The second kappa shape index (κ2) is 7.70. The van der Waals surface area contributed by atoms with E-state index in [0.29, 0.717) is 10.8 Å². The van der Waals surface area contributed by atoms with Crippen LogP contribution in [0.5, 0.6) is 17.4 Å². The number of aromatic nitrogens is 2. The molecule has 4 aromatic rings. The second-order valence-corrected chi connectivity index (χ2v) is 8.72. The summed E-state index contributed by atoms with van der Waals surface area (Å²) in [6, 6.07) is 17.1. The minimum absolute atomic E-state index is 0.116. The summed E-state index contributed by atoms with van der Waals surface area (Å²) in [4.78, 5) is 13.3. The van der Waals surface area contributed by atoms with Crippen LogP contribution < -0.4 is 9.47 Å². The highest BCUT2D eigenvalue weighted by molar-refractivity contribution is 7.20. The fourth-order valence-electron chi connectivity index (χ4n) is 3.34. The molecule has 2 heterocycles. The van der Waals surface area contributed by atoms with Crippen LogP contribution in [0.4, 0.5) is 0 Å². The molecule has 2 aromatic carbocycles. The van der Waals surface area contributed by atoms with Crippen LogP contribution in [0.3, 0.4) is 0 Å². The van der Waals surface area contributed by atoms with Crippen LogP contribution in [-0.4, -0.2) is 16.2 Å². The standard InChI is InChI=1S/C23H17ClN2O3S/c1-13-5-4-7-16(14-9-10-14)21(13)29-22-17(12-20(24)25-26-22)28-23(27)19-11-15-6-2-3-8-18(15)30-19/h2-8,11-12,14H,9-10H2,1H3. The van der Waals surface area contributed by atoms with E-state index in [1.54, 1.807) is 0 Å². The molecule has 0 bridgehead atoms. The van der Waals surface area contributed by atoms with Crippen LogP contribution in [-0.2, 0) is 0 Å². The molecule has 0 spiro atoms. The van der Waals surface area contributed by atoms with E-state index < -0.39 is 5.97 Å². The third-order valence-corrected chi connectivity index (χ3v) is 6.27. The van der Waals surface area contributed by atoms with Gasteiger partial charge in [0.1, 0.15) is 10.6 Å². The van der Waals surface area contributed by atoms with Gasteiger partial charge in [-0.15, -0.1) is 21.5 Å². The van der Waals surface area contributed by atoms with Gasteiger partial charge in [-0.3, -0.25) is 0 Å². The Balaban J connectivity index is 1.46. The summed E-state index contributed by atoms with van der Waals surface area (Å²) in [5.74, 6) is 0.991. The van der Waals surface area contributed by atoms with Crippen molar-refractivity contribution in [2.24, 2.45) is 0 Å². The third kappa shape index (κ3) is 3.76. The highest BCUT2D eigenvalue weighted by Crippen LogP contribution is 2.47. The number of esters is 1. The van der Waals surface area contributed by atoms with Crippen molar-refractivity contribution in [2.75, 3.05) is 0 Å². The Kier molecular flexibility index (Phi) is 4.89. The zero-order valence-corrected chi connectivity index (χ0v) is 17.7. The summed E-state index contributed by atoms with van der Waals surface area (Å²) in [6.07, 6.45) is 2.28. The van der Waals surface area contributed by atoms with E-state index in [0.717, 1.165) is 39.8 Å². The van der Waals surface area contributed by atoms with Crippen molar-refractivity contribution < 1.29 is 14.3 Å². The average molecular weight is 437 g/mol. The molecule has 5 rings (SSSR count). The van der Waals surface area contributed by atoms with Crippen molar-refractivity contribution in [3.05, 3.63) is 75.8 Å². The Labute approximate surface area is 182 Å². The van der Waals surface area contributed by atoms with Gasteiger partial charge in [0.25, 0.3) is 5.88 Å². The fourth-order valence-corrected chi connectivity index (χ4v) is 4.42. The zero-order valence-electron chi connectivity index (χ0n) is 16.1. The minimum Gasteiger partial charge on any atom is -0.434 e. The Hall–Kier alpha value is -2.96. The average Bonchev–Trinajstić information content (AvgIpc) is 3.48. The SMILES string of the molecule is Cc1cccc(C2CC2)c1Oc1nnc(Cl)cc1OC(=O)c1cc2ccccc2s1. The van der Waals surface area contributed by atoms with Crippen LogP contribution in [0.15, 0.2) is 54.6 Å². The Morgan fingerprint density at radius 2 is 1.93 bits per heavy atom. The fraction of sp³-hybridized carbons (Fsp3) is 0.174. The lowest BCUT2D eigenvalue weighted by Gasteiger charge is -2.14. The first-order chi connectivity index (χ1) is 14.6. The molecule has 30 heavy (non-hydrogen) atoms. The number of ether oxygens (including phenoxy) is 2. The predicted octanol–water partition coefficient (Wildman–Crippen LogP) is 6.54. The van der Waals surface area contributed by atoms with Crippen LogP contribution in [0.25, 0.3) is 10.1 Å². The van der Waals surface area contributed by atoms with Crippen molar-refractivity contribution in [2.45, 2.75) is 25.7 Å². The van der Waals surface area contributed by atoms with E-state index in [-0.39, 0.29) is 16.8 Å². The summed E-state index contributed by atoms with van der Waals surface area (Å²) in [6.45, 7) is 1.98. The molecule has 0 unspecified atom stereocenters. The van der Waals surface area contributed by atoms with Gasteiger partial charge in [-0.1, -0.05) is 48.0 Å². The summed E-state index contributed by atoms with van der Waals surface area (Å²) in [5, 5.41) is 9.03. The number of benzene rings is 2. The molecule has 1 saturated carbocycles. The van der Waals surface area contributed by atoms with E-state index in [4.69, 9.17) is 21.1 Å². The maximum absolute atomic E-state index is 12.8. The van der Waals surface area contributed by atoms with Crippen molar-refractivity contribution in [1.29, 1.82) is 0 Å². The van der Waals surface area contributed by atoms with Gasteiger partial charge in [0.15, 0.2) is 10.9 Å². The number of halogens is 1. The van der Waals surface area contributed by atoms with Crippen molar-refractivity contribution in [3.8, 4) is 17.4 Å². The molecule has 0 atom stereocenters. The summed E-state index contributed by atoms with van der Waals surface area (Å²) in [7, 11) is 0. The molecule has 0 aliphatic heterocycles. The molecule has 2 aromatic heterocycles. The number of carbonyl (C=O) groups excluding carboxylic acids is 1. The molecular formula is C23H17ClN2O3S. The molecule has 1 aliphatic carbocycles. The number of thiophene rings is 1. The number of aryl methyl sites for hydroxylation is 1. The van der Waals surface area contributed by atoms with Gasteiger partial charge in [0.2, 0.25) is 0 Å². The first-order valence-electron chi connectivity index (χ1n) is 9.60. The summed E-state index contributed by atoms with van der Waals surface area (Å²) in [5.41, 5.74) is 2.12. The molecule has 0 amide bonds. The van der Waals surface area contributed by atoms with E-state index in [1.165, 1.54) is 17.4 Å². The van der Waals surface area contributed by atoms with Gasteiger partial charge in [0, 0.05) is 10.8 Å². The number of fused-ring (bicyclic) bond motifs is 1. The van der Waals surface area contributed by atoms with Crippen molar-refractivity contribution >= 4 is 39.0 Å². The second-order valence-electron chi connectivity index (χ2n) is 7.24. The molecular weight excluding hydrogens is 420 g/mol. The summed E-state index contributed by atoms with van der Waals surface area (Å²) >= 11 is 7.39. The van der Waals surface area contributed by atoms with Gasteiger partial charge in [-0.05, 0) is 54.3 Å². The quantitative estimate of drug-likeness (QED) is 0.332. The Morgan fingerprint density at radius 1 is 1.10 bits per heavy atom. The van der Waals surface area contributed by atoms with Gasteiger partial charge in [-0.25, -0.2) is 4.79 Å². The van der Waals surface area contributed by atoms with E-state index in [9.17, 15) is 4.79 Å². The van der Waals surface area contributed by atoms with Gasteiger partial charge in [0.05, 0.1) is 0 Å². The minimum atomic E-state index is -0.489. The molecule has 1 fully saturated rings. The van der Waals surface area contributed by atoms with Gasteiger partial charge in [-0.2, -0.15) is 0 Å². The lowest BCUT2D eigenvalue weighted by atomic mass is 10.1. The largest absolute Gasteiger partial charge is 0.434 e. The first kappa shape index (κ1) is 19.0. The first-order valence-corrected chi connectivity index (χ1v) is 10.8. The van der Waals surface area contributed by atoms with Crippen LogP contribution >= 0.6 is 22.9 Å². The van der Waals surface area contributed by atoms with Crippen LogP contribution in [0, 0.1) is 6.92 Å². The molecule has 0 saturated heterocycles. The topological polar surface area (TPSA) is 61.3 Å². The Morgan fingerprint density at radius 3 is 2.73 bits per heavy atom. The molecule has 150 valence electrons. The maximum Gasteiger partial charge on any atom is 0.353 e. The monoisotopic (exact) mass is 436 g/mol. The van der Waals surface area contributed by atoms with E-state index >= 15 is 0 Å². The number of carbonyl (C=O) groups is 1. The van der Waals surface area contributed by atoms with Crippen LogP contribution in [0.1, 0.15) is 39.6 Å². The van der Waals surface area contributed by atoms with Gasteiger partial charge < -0.3 is 9.47 Å². The molecule has 7 heteroatoms. The van der Waals surface area contributed by atoms with Gasteiger partial charge >= 0.3 is 5.97 Å². The number of hydrogen-bond acceptors (Lipinski definition) is 6. The predicted molar refractivity (Wildman–Crippen MR) is 117 cm³/mol. The third-order valence-electron chi connectivity index (χ3n) is 4.98. The van der Waals surface area contributed by atoms with Crippen LogP contribution in [0.2, 0.25) is 5.15 Å². The zero-order chi connectivity index (χ0) is 20.7. The lowest BCUT2D eigenvalue weighted by Crippen LogP contribution is -2.08. The summed E-state index contributed by atoms with van der Waals surface area (Å²) < 4.78 is 12.8. The lowest BCUT2D eigenvalue weighted by molar-refractivity contribution is 0.0734. The normalized spacial score (nSPS) is 13.4. The highest BCUT2D eigenvalue weighted by atomic mass is 35.5. The number of nitrogens with zero attached hydrogens (tertiary/aromatic N) is 2. The van der Waals surface area contributed by atoms with Crippen molar-refractivity contribution in [3.63, 3.8) is 0 Å². The highest BCUT2D eigenvalue weighted by Gasteiger charge is 2.28. The number of hydrogen-bond donors (Lipinski definition) is 0. The van der Waals surface area contributed by atoms with E-state index in [2.05, 4.69) is 16.3 Å². The Bertz CT molecular complexity index is 1230. The smallest absolute Gasteiger partial charge is 0.353 e. The van der Waals surface area contributed by atoms with E-state index in [1.807, 2.05) is 49.4 Å². The molecule has 1 aliphatic rings. The number of rotatable bonds is 5. The number of para-hydroxylation sites is 1. The maximum atomic E-state index is 12.8. The molecule has 0 radical (unpaired) electrons. The molecule has 5 nitrogen and oxygen atoms in total. The van der Waals surface area contributed by atoms with Crippen molar-refractivity contribution in [1.82, 2.24) is 10.2 Å².